The smallest absolute Gasteiger partial charge is 0.381 e. The Kier molecular flexibility index (Phi) is 11.0. The number of carboxylic acid groups (broad SMARTS) is 1. The van der Waals surface area contributed by atoms with Crippen LogP contribution in [0.15, 0.2) is 34.9 Å². The van der Waals surface area contributed by atoms with Gasteiger partial charge in [-0.3, -0.25) is 0 Å². The second-order valence-electron chi connectivity index (χ2n) is 5.61. The van der Waals surface area contributed by atoms with E-state index in [1.54, 1.807) is 0 Å². The lowest BCUT2D eigenvalue weighted by Gasteiger charge is -2.01. The summed E-state index contributed by atoms with van der Waals surface area (Å²) in [6.45, 7) is 8.58. The number of allylic oxidation sites excluding steroid dienone is 6. The first-order chi connectivity index (χ1) is 9.91. The lowest BCUT2D eigenvalue weighted by atomic mass is 10.1. The number of carbonyl (C=O) groups is 1. The average molecular weight is 288 g/mol. The first-order valence-corrected chi connectivity index (χ1v) is 7.58. The van der Waals surface area contributed by atoms with E-state index in [2.05, 4.69) is 57.8 Å². The predicted molar refractivity (Wildman–Crippen MR) is 90.1 cm³/mol. The topological polar surface area (TPSA) is 37.3 Å². The quantitative estimate of drug-likeness (QED) is 0.375. The van der Waals surface area contributed by atoms with Crippen LogP contribution in [0.3, 0.4) is 0 Å². The van der Waals surface area contributed by atoms with Crippen LogP contribution in [0.25, 0.3) is 0 Å². The fourth-order valence-electron chi connectivity index (χ4n) is 1.87. The minimum Gasteiger partial charge on any atom is -0.472 e. The zero-order valence-corrected chi connectivity index (χ0v) is 13.8. The Balaban J connectivity index is 3.91. The molecule has 1 N–H and O–H groups in total. The third-order valence-electron chi connectivity index (χ3n) is 3.08. The second-order valence-corrected chi connectivity index (χ2v) is 5.61. The number of carboxylic acids is 1. The molecule has 0 aromatic rings. The summed E-state index contributed by atoms with van der Waals surface area (Å²) in [6.07, 6.45) is 12.6. The molecule has 0 aromatic heterocycles. The van der Waals surface area contributed by atoms with Crippen LogP contribution in [0.1, 0.15) is 66.2 Å². The molecule has 2 nitrogen and oxygen atoms in total. The molecule has 0 saturated heterocycles. The maximum absolute atomic E-state index is 10.2. The zero-order chi connectivity index (χ0) is 16.1. The number of hydrogen-bond acceptors (Lipinski definition) is 1. The van der Waals surface area contributed by atoms with Crippen molar-refractivity contribution in [1.82, 2.24) is 0 Å². The average Bonchev–Trinajstić information content (AvgIpc) is 2.37. The zero-order valence-electron chi connectivity index (χ0n) is 13.8. The summed E-state index contributed by atoms with van der Waals surface area (Å²) < 4.78 is 0. The molecule has 0 unspecified atom stereocenters. The Morgan fingerprint density at radius 3 is 1.95 bits per heavy atom. The molecule has 0 saturated carbocycles. The number of aliphatic carboxylic acids is 1. The SMILES string of the molecule is CC(C)=CCCC(C)=CCCC(C)=CCCC#CC(=O)O. The van der Waals surface area contributed by atoms with E-state index >= 15 is 0 Å². The molecule has 116 valence electrons. The van der Waals surface area contributed by atoms with Gasteiger partial charge in [0.05, 0.1) is 0 Å². The van der Waals surface area contributed by atoms with Gasteiger partial charge in [0.15, 0.2) is 0 Å². The molecule has 0 bridgehead atoms. The van der Waals surface area contributed by atoms with Crippen LogP contribution < -0.4 is 0 Å². The van der Waals surface area contributed by atoms with Gasteiger partial charge < -0.3 is 5.11 Å². The standard InChI is InChI=1S/C19H28O2/c1-16(2)10-8-12-18(4)14-9-13-17(3)11-6-5-7-15-19(20)21/h10-11,14H,5-6,8-9,12-13H2,1-4H3,(H,20,21). The van der Waals surface area contributed by atoms with Crippen LogP contribution in [0.2, 0.25) is 0 Å². The summed E-state index contributed by atoms with van der Waals surface area (Å²) in [4.78, 5) is 10.2. The molecule has 0 atom stereocenters. The van der Waals surface area contributed by atoms with Crippen molar-refractivity contribution in [2.45, 2.75) is 66.2 Å². The van der Waals surface area contributed by atoms with Gasteiger partial charge in [0.1, 0.15) is 0 Å². The number of hydrogen-bond donors (Lipinski definition) is 1. The highest BCUT2D eigenvalue weighted by atomic mass is 16.4. The summed E-state index contributed by atoms with van der Waals surface area (Å²) in [5, 5.41) is 8.38. The van der Waals surface area contributed by atoms with Crippen molar-refractivity contribution in [3.63, 3.8) is 0 Å². The predicted octanol–water partition coefficient (Wildman–Crippen LogP) is 5.27. The highest BCUT2D eigenvalue weighted by molar-refractivity contribution is 5.86. The molecule has 0 amide bonds. The third-order valence-corrected chi connectivity index (χ3v) is 3.08. The van der Waals surface area contributed by atoms with Gasteiger partial charge in [-0.2, -0.15) is 0 Å². The molecule has 0 aromatic carbocycles. The molecule has 0 fully saturated rings. The van der Waals surface area contributed by atoms with Gasteiger partial charge in [-0.05, 0) is 59.8 Å². The van der Waals surface area contributed by atoms with Crippen LogP contribution >= 0.6 is 0 Å². The van der Waals surface area contributed by atoms with Crippen LogP contribution in [-0.4, -0.2) is 11.1 Å². The Morgan fingerprint density at radius 1 is 0.905 bits per heavy atom. The van der Waals surface area contributed by atoms with Crippen molar-refractivity contribution in [1.29, 1.82) is 0 Å². The first kappa shape index (κ1) is 19.2. The molecule has 0 rings (SSSR count). The Morgan fingerprint density at radius 2 is 1.43 bits per heavy atom. The van der Waals surface area contributed by atoms with E-state index in [0.717, 1.165) is 32.1 Å². The van der Waals surface area contributed by atoms with E-state index in [4.69, 9.17) is 5.11 Å². The monoisotopic (exact) mass is 288 g/mol. The maximum atomic E-state index is 10.2. The van der Waals surface area contributed by atoms with Crippen molar-refractivity contribution in [2.24, 2.45) is 0 Å². The Hall–Kier alpha value is -1.75. The Labute approximate surface area is 129 Å². The maximum Gasteiger partial charge on any atom is 0.381 e. The van der Waals surface area contributed by atoms with Crippen molar-refractivity contribution in [3.8, 4) is 11.8 Å². The molecule has 21 heavy (non-hydrogen) atoms. The van der Waals surface area contributed by atoms with E-state index in [1.807, 2.05) is 0 Å². The summed E-state index contributed by atoms with van der Waals surface area (Å²) >= 11 is 0. The molecule has 0 aliphatic carbocycles. The highest BCUT2D eigenvalue weighted by Crippen LogP contribution is 2.12. The van der Waals surface area contributed by atoms with Crippen LogP contribution in [-0.2, 0) is 4.79 Å². The fourth-order valence-corrected chi connectivity index (χ4v) is 1.87. The summed E-state index contributed by atoms with van der Waals surface area (Å²) in [5.41, 5.74) is 4.18. The normalized spacial score (nSPS) is 11.6. The van der Waals surface area contributed by atoms with E-state index in [0.29, 0.717) is 6.42 Å². The second kappa shape index (κ2) is 12.0. The molecule has 0 radical (unpaired) electrons. The minimum atomic E-state index is -1.05. The van der Waals surface area contributed by atoms with Crippen molar-refractivity contribution >= 4 is 5.97 Å². The van der Waals surface area contributed by atoms with Crippen molar-refractivity contribution in [3.05, 3.63) is 34.9 Å². The van der Waals surface area contributed by atoms with Gasteiger partial charge >= 0.3 is 5.97 Å². The summed E-state index contributed by atoms with van der Waals surface area (Å²) in [7, 11) is 0. The minimum absolute atomic E-state index is 0.612. The van der Waals surface area contributed by atoms with Crippen LogP contribution in [0.5, 0.6) is 0 Å². The van der Waals surface area contributed by atoms with Gasteiger partial charge in [0.25, 0.3) is 0 Å². The Bertz CT molecular complexity index is 464. The van der Waals surface area contributed by atoms with Gasteiger partial charge in [-0.25, -0.2) is 4.79 Å². The first-order valence-electron chi connectivity index (χ1n) is 7.58. The van der Waals surface area contributed by atoms with Gasteiger partial charge in [-0.15, -0.1) is 0 Å². The molecule has 0 aliphatic heterocycles. The molecule has 0 spiro atoms. The van der Waals surface area contributed by atoms with Gasteiger partial charge in [-0.1, -0.05) is 40.9 Å². The van der Waals surface area contributed by atoms with E-state index in [9.17, 15) is 4.79 Å². The largest absolute Gasteiger partial charge is 0.472 e. The lowest BCUT2D eigenvalue weighted by Crippen LogP contribution is -1.86. The molecular formula is C19H28O2. The lowest BCUT2D eigenvalue weighted by molar-refractivity contribution is -0.130. The van der Waals surface area contributed by atoms with E-state index in [-0.39, 0.29) is 0 Å². The number of rotatable bonds is 8. The fraction of sp³-hybridized carbons (Fsp3) is 0.526. The highest BCUT2D eigenvalue weighted by Gasteiger charge is 1.92. The molecule has 0 aliphatic rings. The van der Waals surface area contributed by atoms with Crippen LogP contribution in [0, 0.1) is 11.8 Å². The molecule has 2 heteroatoms. The summed E-state index contributed by atoms with van der Waals surface area (Å²) in [5.74, 6) is 3.71. The van der Waals surface area contributed by atoms with E-state index in [1.165, 1.54) is 16.7 Å². The van der Waals surface area contributed by atoms with Crippen molar-refractivity contribution < 1.29 is 9.90 Å². The van der Waals surface area contributed by atoms with Crippen molar-refractivity contribution in [2.75, 3.05) is 0 Å². The van der Waals surface area contributed by atoms with Gasteiger partial charge in [0, 0.05) is 12.3 Å². The summed E-state index contributed by atoms with van der Waals surface area (Å²) in [6, 6.07) is 0. The molecular weight excluding hydrogens is 260 g/mol. The van der Waals surface area contributed by atoms with Crippen LogP contribution in [0.4, 0.5) is 0 Å². The van der Waals surface area contributed by atoms with E-state index < -0.39 is 5.97 Å². The third kappa shape index (κ3) is 14.5. The van der Waals surface area contributed by atoms with Gasteiger partial charge in [0.2, 0.25) is 0 Å². The molecule has 0 heterocycles. The number of unbranched alkanes of at least 4 members (excludes halogenated alkanes) is 1.